The molecule has 1 aromatic heterocycles. The lowest BCUT2D eigenvalue weighted by Crippen LogP contribution is -2.09. The fourth-order valence-corrected chi connectivity index (χ4v) is 4.38. The van der Waals surface area contributed by atoms with E-state index in [4.69, 9.17) is 16.3 Å². The second kappa shape index (κ2) is 7.21. The molecule has 0 fully saturated rings. The van der Waals surface area contributed by atoms with Gasteiger partial charge < -0.3 is 4.74 Å². The molecule has 0 N–H and O–H groups in total. The van der Waals surface area contributed by atoms with E-state index in [1.807, 2.05) is 44.2 Å². The van der Waals surface area contributed by atoms with Crippen LogP contribution in [-0.4, -0.2) is 17.6 Å². The van der Waals surface area contributed by atoms with Gasteiger partial charge in [-0.2, -0.15) is 0 Å². The number of aromatic nitrogens is 1. The van der Waals surface area contributed by atoms with Crippen molar-refractivity contribution in [3.63, 3.8) is 0 Å². The molecule has 0 radical (unpaired) electrons. The lowest BCUT2D eigenvalue weighted by atomic mass is 9.93. The number of hydrogen-bond donors (Lipinski definition) is 0. The van der Waals surface area contributed by atoms with Crippen molar-refractivity contribution in [1.82, 2.24) is 4.98 Å². The first-order chi connectivity index (χ1) is 11.5. The Balaban J connectivity index is 2.24. The van der Waals surface area contributed by atoms with E-state index < -0.39 is 0 Å². The molecule has 0 saturated heterocycles. The van der Waals surface area contributed by atoms with Crippen LogP contribution in [0, 0.1) is 6.92 Å². The van der Waals surface area contributed by atoms with Crippen LogP contribution >= 0.6 is 38.9 Å². The summed E-state index contributed by atoms with van der Waals surface area (Å²) in [6, 6.07) is 9.67. The van der Waals surface area contributed by atoms with Crippen molar-refractivity contribution in [1.29, 1.82) is 0 Å². The quantitative estimate of drug-likeness (QED) is 0.497. The summed E-state index contributed by atoms with van der Waals surface area (Å²) in [5.74, 6) is -0.223. The fourth-order valence-electron chi connectivity index (χ4n) is 2.71. The monoisotopic (exact) mass is 423 g/mol. The van der Waals surface area contributed by atoms with Crippen molar-refractivity contribution in [3.8, 4) is 11.1 Å². The van der Waals surface area contributed by atoms with Crippen molar-refractivity contribution in [2.45, 2.75) is 20.3 Å². The minimum absolute atomic E-state index is 0.223. The van der Waals surface area contributed by atoms with Gasteiger partial charge in [0.1, 0.15) is 0 Å². The molecule has 3 rings (SSSR count). The lowest BCUT2D eigenvalue weighted by Gasteiger charge is -2.14. The predicted octanol–water partition coefficient (Wildman–Crippen LogP) is 5.79. The van der Waals surface area contributed by atoms with Crippen LogP contribution in [0.5, 0.6) is 0 Å². The van der Waals surface area contributed by atoms with Crippen LogP contribution < -0.4 is 0 Å². The number of carbonyl (C=O) groups excluding carboxylic acids is 1. The average Bonchev–Trinajstić information content (AvgIpc) is 2.89. The molecule has 0 spiro atoms. The summed E-state index contributed by atoms with van der Waals surface area (Å²) < 4.78 is 7.02. The average molecular weight is 425 g/mol. The molecular weight excluding hydrogens is 410 g/mol. The molecule has 1 heterocycles. The van der Waals surface area contributed by atoms with Crippen molar-refractivity contribution in [3.05, 3.63) is 50.4 Å². The maximum absolute atomic E-state index is 12.1. The molecular formula is C18H15BrClNO2S. The predicted molar refractivity (Wildman–Crippen MR) is 103 cm³/mol. The number of hydrogen-bond acceptors (Lipinski definition) is 4. The van der Waals surface area contributed by atoms with Gasteiger partial charge in [-0.25, -0.2) is 4.98 Å². The van der Waals surface area contributed by atoms with Crippen LogP contribution in [0.4, 0.5) is 0 Å². The number of nitrogens with zero attached hydrogens (tertiary/aromatic N) is 1. The molecule has 3 aromatic rings. The van der Waals surface area contributed by atoms with Crippen molar-refractivity contribution in [2.24, 2.45) is 0 Å². The Labute approximate surface area is 157 Å². The van der Waals surface area contributed by atoms with Gasteiger partial charge in [0.2, 0.25) is 0 Å². The SMILES string of the molecule is CCOC(=O)Cc1c(C)cc2nc(Br)sc2c1-c1ccc(Cl)cc1. The number of benzene rings is 2. The summed E-state index contributed by atoms with van der Waals surface area (Å²) in [5.41, 5.74) is 4.96. The number of esters is 1. The second-order valence-corrected chi connectivity index (χ2v) is 8.06. The number of aryl methyl sites for hydroxylation is 1. The Morgan fingerprint density at radius 1 is 1.33 bits per heavy atom. The number of carbonyl (C=O) groups is 1. The van der Waals surface area contributed by atoms with Crippen LogP contribution in [0.15, 0.2) is 34.2 Å². The van der Waals surface area contributed by atoms with Gasteiger partial charge in [0, 0.05) is 10.6 Å². The van der Waals surface area contributed by atoms with E-state index in [-0.39, 0.29) is 12.4 Å². The molecule has 0 bridgehead atoms. The smallest absolute Gasteiger partial charge is 0.310 e. The zero-order chi connectivity index (χ0) is 17.3. The van der Waals surface area contributed by atoms with Crippen LogP contribution in [0.25, 0.3) is 21.3 Å². The van der Waals surface area contributed by atoms with Crippen molar-refractivity contribution < 1.29 is 9.53 Å². The largest absolute Gasteiger partial charge is 0.466 e. The van der Waals surface area contributed by atoms with Crippen LogP contribution in [-0.2, 0) is 16.0 Å². The van der Waals surface area contributed by atoms with Crippen molar-refractivity contribution >= 4 is 55.1 Å². The first-order valence-electron chi connectivity index (χ1n) is 7.49. The lowest BCUT2D eigenvalue weighted by molar-refractivity contribution is -0.142. The van der Waals surface area contributed by atoms with E-state index in [0.29, 0.717) is 11.6 Å². The summed E-state index contributed by atoms with van der Waals surface area (Å²) in [6.07, 6.45) is 0.239. The number of thiazole rings is 1. The Kier molecular flexibility index (Phi) is 5.23. The minimum Gasteiger partial charge on any atom is -0.466 e. The van der Waals surface area contributed by atoms with Gasteiger partial charge in [-0.3, -0.25) is 4.79 Å². The highest BCUT2D eigenvalue weighted by molar-refractivity contribution is 9.11. The van der Waals surface area contributed by atoms with Gasteiger partial charge in [-0.05, 0) is 64.7 Å². The van der Waals surface area contributed by atoms with Gasteiger partial charge in [0.15, 0.2) is 3.92 Å². The first kappa shape index (κ1) is 17.4. The minimum atomic E-state index is -0.223. The highest BCUT2D eigenvalue weighted by atomic mass is 79.9. The molecule has 3 nitrogen and oxygen atoms in total. The van der Waals surface area contributed by atoms with Gasteiger partial charge in [0.05, 0.1) is 23.2 Å². The topological polar surface area (TPSA) is 39.2 Å². The molecule has 0 aliphatic carbocycles. The highest BCUT2D eigenvalue weighted by Gasteiger charge is 2.19. The maximum atomic E-state index is 12.1. The number of ether oxygens (including phenoxy) is 1. The zero-order valence-corrected chi connectivity index (χ0v) is 16.4. The summed E-state index contributed by atoms with van der Waals surface area (Å²) in [7, 11) is 0. The summed E-state index contributed by atoms with van der Waals surface area (Å²) in [5, 5.41) is 0.681. The van der Waals surface area contributed by atoms with E-state index in [9.17, 15) is 4.79 Å². The third-order valence-electron chi connectivity index (χ3n) is 3.74. The molecule has 0 aliphatic rings. The fraction of sp³-hybridized carbons (Fsp3) is 0.222. The Hall–Kier alpha value is -1.43. The normalized spacial score (nSPS) is 11.0. The standard InChI is InChI=1S/C18H15BrClNO2S/c1-3-23-15(22)9-13-10(2)8-14-17(24-18(19)21-14)16(13)11-4-6-12(20)7-5-11/h4-8H,3,9H2,1-2H3. The first-order valence-corrected chi connectivity index (χ1v) is 9.48. The second-order valence-electron chi connectivity index (χ2n) is 5.35. The third-order valence-corrected chi connectivity index (χ3v) is 5.54. The summed E-state index contributed by atoms with van der Waals surface area (Å²) in [4.78, 5) is 16.6. The van der Waals surface area contributed by atoms with Gasteiger partial charge in [-0.15, -0.1) is 11.3 Å². The van der Waals surface area contributed by atoms with E-state index in [2.05, 4.69) is 20.9 Å². The molecule has 6 heteroatoms. The molecule has 0 aliphatic heterocycles. The molecule has 0 unspecified atom stereocenters. The molecule has 0 saturated carbocycles. The van der Waals surface area contributed by atoms with Gasteiger partial charge in [0.25, 0.3) is 0 Å². The zero-order valence-electron chi connectivity index (χ0n) is 13.2. The molecule has 2 aromatic carbocycles. The molecule has 0 atom stereocenters. The van der Waals surface area contributed by atoms with Crippen LogP contribution in [0.1, 0.15) is 18.1 Å². The molecule has 0 amide bonds. The number of fused-ring (bicyclic) bond motifs is 1. The van der Waals surface area contributed by atoms with Gasteiger partial charge in [-0.1, -0.05) is 23.7 Å². The highest BCUT2D eigenvalue weighted by Crippen LogP contribution is 2.39. The summed E-state index contributed by atoms with van der Waals surface area (Å²) in [6.45, 7) is 4.19. The van der Waals surface area contributed by atoms with Crippen LogP contribution in [0.2, 0.25) is 5.02 Å². The molecule has 24 heavy (non-hydrogen) atoms. The van der Waals surface area contributed by atoms with E-state index >= 15 is 0 Å². The van der Waals surface area contributed by atoms with E-state index in [0.717, 1.165) is 36.4 Å². The van der Waals surface area contributed by atoms with E-state index in [1.165, 1.54) is 0 Å². The Morgan fingerprint density at radius 3 is 2.71 bits per heavy atom. The Bertz CT molecular complexity index is 906. The maximum Gasteiger partial charge on any atom is 0.310 e. The van der Waals surface area contributed by atoms with E-state index in [1.54, 1.807) is 11.3 Å². The van der Waals surface area contributed by atoms with Crippen LogP contribution in [0.3, 0.4) is 0 Å². The summed E-state index contributed by atoms with van der Waals surface area (Å²) >= 11 is 11.1. The molecule has 124 valence electrons. The number of halogens is 2. The van der Waals surface area contributed by atoms with Crippen molar-refractivity contribution in [2.75, 3.05) is 6.61 Å². The Morgan fingerprint density at radius 2 is 2.04 bits per heavy atom. The number of rotatable bonds is 4. The third kappa shape index (κ3) is 3.48. The van der Waals surface area contributed by atoms with Gasteiger partial charge >= 0.3 is 5.97 Å².